The number of nitrogens with two attached hydrogens (primary N) is 1. The van der Waals surface area contributed by atoms with E-state index in [-0.39, 0.29) is 0 Å². The molecule has 6 heteroatoms. The Balaban J connectivity index is 1.94. The molecule has 23 heavy (non-hydrogen) atoms. The van der Waals surface area contributed by atoms with E-state index in [9.17, 15) is 5.11 Å². The second kappa shape index (κ2) is 6.20. The average molecular weight is 315 g/mol. The van der Waals surface area contributed by atoms with Gasteiger partial charge in [-0.1, -0.05) is 12.2 Å². The SMILES string of the molecule is CC1CN(c2cc(C3=C(O)CCC=C3)nnc2N)CC(C)N1C. The van der Waals surface area contributed by atoms with Crippen LogP contribution in [0, 0.1) is 0 Å². The number of aliphatic hydroxyl groups excluding tert-OH is 1. The normalized spacial score (nSPS) is 26.0. The highest BCUT2D eigenvalue weighted by Gasteiger charge is 2.28. The first-order valence-electron chi connectivity index (χ1n) is 8.16. The van der Waals surface area contributed by atoms with E-state index >= 15 is 0 Å². The van der Waals surface area contributed by atoms with E-state index in [0.717, 1.165) is 30.8 Å². The number of nitrogens with zero attached hydrogens (tertiary/aromatic N) is 4. The van der Waals surface area contributed by atoms with Crippen molar-refractivity contribution < 1.29 is 5.11 Å². The van der Waals surface area contributed by atoms with Crippen molar-refractivity contribution in [2.45, 2.75) is 38.8 Å². The molecule has 0 bridgehead atoms. The maximum absolute atomic E-state index is 10.1. The van der Waals surface area contributed by atoms with Crippen molar-refractivity contribution in [3.63, 3.8) is 0 Å². The van der Waals surface area contributed by atoms with Crippen molar-refractivity contribution in [2.24, 2.45) is 0 Å². The summed E-state index contributed by atoms with van der Waals surface area (Å²) in [7, 11) is 2.15. The van der Waals surface area contributed by atoms with Gasteiger partial charge in [-0.25, -0.2) is 0 Å². The van der Waals surface area contributed by atoms with E-state index in [0.29, 0.717) is 35.8 Å². The van der Waals surface area contributed by atoms with Crippen LogP contribution in [-0.4, -0.2) is 52.4 Å². The Labute approximate surface area is 137 Å². The van der Waals surface area contributed by atoms with Crippen molar-refractivity contribution in [3.8, 4) is 0 Å². The highest BCUT2D eigenvalue weighted by atomic mass is 16.3. The third kappa shape index (κ3) is 3.03. The summed E-state index contributed by atoms with van der Waals surface area (Å²) in [4.78, 5) is 4.65. The monoisotopic (exact) mass is 315 g/mol. The zero-order valence-electron chi connectivity index (χ0n) is 14.0. The Hall–Kier alpha value is -2.08. The van der Waals surface area contributed by atoms with E-state index in [2.05, 4.69) is 40.9 Å². The third-order valence-electron chi connectivity index (χ3n) is 4.92. The van der Waals surface area contributed by atoms with E-state index in [1.54, 1.807) is 0 Å². The van der Waals surface area contributed by atoms with Gasteiger partial charge in [0.1, 0.15) is 5.76 Å². The van der Waals surface area contributed by atoms with E-state index in [1.807, 2.05) is 18.2 Å². The Morgan fingerprint density at radius 1 is 1.22 bits per heavy atom. The van der Waals surface area contributed by atoms with Gasteiger partial charge >= 0.3 is 0 Å². The largest absolute Gasteiger partial charge is 0.512 e. The maximum Gasteiger partial charge on any atom is 0.169 e. The highest BCUT2D eigenvalue weighted by molar-refractivity contribution is 5.77. The van der Waals surface area contributed by atoms with Crippen LogP contribution in [0.2, 0.25) is 0 Å². The zero-order valence-corrected chi connectivity index (χ0v) is 14.0. The Kier molecular flexibility index (Phi) is 4.26. The van der Waals surface area contributed by atoms with Crippen LogP contribution in [0.5, 0.6) is 0 Å². The summed E-state index contributed by atoms with van der Waals surface area (Å²) in [5.74, 6) is 0.815. The van der Waals surface area contributed by atoms with Crippen LogP contribution >= 0.6 is 0 Å². The van der Waals surface area contributed by atoms with Gasteiger partial charge < -0.3 is 15.7 Å². The van der Waals surface area contributed by atoms with Gasteiger partial charge in [0.2, 0.25) is 0 Å². The highest BCUT2D eigenvalue weighted by Crippen LogP contribution is 2.30. The second-order valence-electron chi connectivity index (χ2n) is 6.57. The van der Waals surface area contributed by atoms with Gasteiger partial charge in [-0.15, -0.1) is 10.2 Å². The molecule has 1 saturated heterocycles. The number of aromatic nitrogens is 2. The van der Waals surface area contributed by atoms with Crippen molar-refractivity contribution in [1.82, 2.24) is 15.1 Å². The number of rotatable bonds is 2. The van der Waals surface area contributed by atoms with Gasteiger partial charge in [-0.05, 0) is 33.4 Å². The fourth-order valence-corrected chi connectivity index (χ4v) is 3.26. The van der Waals surface area contributed by atoms with Crippen molar-refractivity contribution >= 4 is 17.1 Å². The molecular weight excluding hydrogens is 290 g/mol. The molecule has 0 aromatic carbocycles. The number of allylic oxidation sites excluding steroid dienone is 4. The van der Waals surface area contributed by atoms with Gasteiger partial charge in [-0.3, -0.25) is 4.90 Å². The molecule has 1 aliphatic heterocycles. The predicted molar refractivity (Wildman–Crippen MR) is 93.3 cm³/mol. The molecule has 2 atom stereocenters. The minimum Gasteiger partial charge on any atom is -0.512 e. The van der Waals surface area contributed by atoms with Crippen LogP contribution in [-0.2, 0) is 0 Å². The van der Waals surface area contributed by atoms with Crippen LogP contribution in [0.4, 0.5) is 11.5 Å². The van der Waals surface area contributed by atoms with E-state index in [4.69, 9.17) is 5.73 Å². The van der Waals surface area contributed by atoms with Gasteiger partial charge in [-0.2, -0.15) is 0 Å². The molecule has 1 fully saturated rings. The summed E-state index contributed by atoms with van der Waals surface area (Å²) in [6.07, 6.45) is 5.47. The minimum atomic E-state index is 0.373. The lowest BCUT2D eigenvalue weighted by Gasteiger charge is -2.43. The lowest BCUT2D eigenvalue weighted by molar-refractivity contribution is 0.170. The molecule has 0 radical (unpaired) electrons. The summed E-state index contributed by atoms with van der Waals surface area (Å²) in [6, 6.07) is 2.84. The van der Waals surface area contributed by atoms with Crippen molar-refractivity contribution in [3.05, 3.63) is 29.7 Å². The Morgan fingerprint density at radius 2 is 1.91 bits per heavy atom. The third-order valence-corrected chi connectivity index (χ3v) is 4.92. The first kappa shape index (κ1) is 15.8. The summed E-state index contributed by atoms with van der Waals surface area (Å²) in [6.45, 7) is 6.23. The lowest BCUT2D eigenvalue weighted by atomic mass is 10.0. The van der Waals surface area contributed by atoms with Crippen molar-refractivity contribution in [2.75, 3.05) is 30.8 Å². The zero-order chi connectivity index (χ0) is 16.6. The van der Waals surface area contributed by atoms with E-state index < -0.39 is 0 Å². The number of hydrogen-bond acceptors (Lipinski definition) is 6. The molecule has 2 unspecified atom stereocenters. The van der Waals surface area contributed by atoms with E-state index in [1.165, 1.54) is 0 Å². The summed E-state index contributed by atoms with van der Waals surface area (Å²) < 4.78 is 0. The van der Waals surface area contributed by atoms with Crippen LogP contribution in [0.3, 0.4) is 0 Å². The van der Waals surface area contributed by atoms with Gasteiger partial charge in [0, 0.05) is 37.2 Å². The fraction of sp³-hybridized carbons (Fsp3) is 0.529. The summed E-state index contributed by atoms with van der Waals surface area (Å²) in [5, 5.41) is 18.4. The molecule has 2 aliphatic rings. The van der Waals surface area contributed by atoms with Crippen LogP contribution in [0.25, 0.3) is 5.57 Å². The topological polar surface area (TPSA) is 78.5 Å². The number of likely N-dealkylation sites (N-methyl/N-ethyl adjacent to an activating group) is 1. The summed E-state index contributed by atoms with van der Waals surface area (Å²) >= 11 is 0. The van der Waals surface area contributed by atoms with Gasteiger partial charge in [0.25, 0.3) is 0 Å². The van der Waals surface area contributed by atoms with Crippen LogP contribution in [0.15, 0.2) is 24.0 Å². The van der Waals surface area contributed by atoms with Crippen LogP contribution in [0.1, 0.15) is 32.4 Å². The molecule has 6 nitrogen and oxygen atoms in total. The van der Waals surface area contributed by atoms with Crippen molar-refractivity contribution in [1.29, 1.82) is 0 Å². The molecule has 0 amide bonds. The molecule has 1 aromatic heterocycles. The molecule has 3 rings (SSSR count). The molecular formula is C17H25N5O. The predicted octanol–water partition coefficient (Wildman–Crippen LogP) is 2.21. The first-order chi connectivity index (χ1) is 11.0. The average Bonchev–Trinajstić information content (AvgIpc) is 2.53. The smallest absolute Gasteiger partial charge is 0.169 e. The standard InChI is InChI=1S/C17H25N5O/c1-11-9-22(10-12(2)21(11)3)15-8-14(19-20-17(15)18)13-6-4-5-7-16(13)23/h4,6,8,11-12,23H,5,7,9-10H2,1-3H3,(H2,18,20). The Morgan fingerprint density at radius 3 is 2.57 bits per heavy atom. The molecule has 124 valence electrons. The molecule has 0 saturated carbocycles. The fourth-order valence-electron chi connectivity index (χ4n) is 3.26. The second-order valence-corrected chi connectivity index (χ2v) is 6.57. The quantitative estimate of drug-likeness (QED) is 0.871. The Bertz CT molecular complexity index is 642. The number of hydrogen-bond donors (Lipinski definition) is 2. The lowest BCUT2D eigenvalue weighted by Crippen LogP contribution is -2.55. The molecule has 3 N–H and O–H groups in total. The minimum absolute atomic E-state index is 0.373. The molecule has 0 spiro atoms. The molecule has 1 aliphatic carbocycles. The maximum atomic E-state index is 10.1. The number of anilines is 2. The van der Waals surface area contributed by atoms with Gasteiger partial charge in [0.05, 0.1) is 11.4 Å². The number of nitrogen functional groups attached to an aromatic ring is 1. The molecule has 1 aromatic rings. The number of aliphatic hydroxyl groups is 1. The molecule has 2 heterocycles. The summed E-state index contributed by atoms with van der Waals surface area (Å²) in [5.41, 5.74) is 8.42. The first-order valence-corrected chi connectivity index (χ1v) is 8.16. The van der Waals surface area contributed by atoms with Crippen LogP contribution < -0.4 is 10.6 Å². The number of piperazine rings is 1. The van der Waals surface area contributed by atoms with Gasteiger partial charge in [0.15, 0.2) is 5.82 Å².